The van der Waals surface area contributed by atoms with Crippen molar-refractivity contribution in [2.75, 3.05) is 0 Å². The average molecular weight is 279 g/mol. The second-order valence-corrected chi connectivity index (χ2v) is 4.65. The van der Waals surface area contributed by atoms with E-state index in [0.717, 1.165) is 12.1 Å². The molecule has 2 aromatic heterocycles. The quantitative estimate of drug-likeness (QED) is 0.777. The third-order valence-corrected chi connectivity index (χ3v) is 3.02. The molecule has 0 saturated heterocycles. The maximum Gasteiger partial charge on any atom is 0.377 e. The van der Waals surface area contributed by atoms with Crippen molar-refractivity contribution in [2.24, 2.45) is 0 Å². The maximum absolute atomic E-state index is 11.9. The number of aryl methyl sites for hydroxylation is 1. The molecule has 0 N–H and O–H groups in total. The fourth-order valence-electron chi connectivity index (χ4n) is 1.57. The van der Waals surface area contributed by atoms with E-state index in [9.17, 15) is 4.79 Å². The van der Waals surface area contributed by atoms with Crippen LogP contribution in [0.3, 0.4) is 0 Å². The van der Waals surface area contributed by atoms with Crippen molar-refractivity contribution in [2.45, 2.75) is 46.1 Å². The van der Waals surface area contributed by atoms with Crippen LogP contribution in [-0.2, 0) is 4.74 Å². The number of nitrogens with zero attached hydrogens (tertiary/aromatic N) is 3. The van der Waals surface area contributed by atoms with Crippen molar-refractivity contribution in [3.63, 3.8) is 0 Å². The molecule has 0 aliphatic rings. The first-order valence-electron chi connectivity index (χ1n) is 6.49. The zero-order valence-electron chi connectivity index (χ0n) is 11.9. The first-order valence-corrected chi connectivity index (χ1v) is 6.49. The molecule has 0 fully saturated rings. The molecule has 0 unspecified atom stereocenters. The lowest BCUT2D eigenvalue weighted by molar-refractivity contribution is 0.0221. The number of aromatic nitrogens is 3. The summed E-state index contributed by atoms with van der Waals surface area (Å²) in [7, 11) is 0. The molecule has 0 amide bonds. The zero-order valence-corrected chi connectivity index (χ0v) is 11.9. The van der Waals surface area contributed by atoms with E-state index in [0.29, 0.717) is 5.82 Å². The van der Waals surface area contributed by atoms with E-state index in [-0.39, 0.29) is 17.6 Å². The minimum absolute atomic E-state index is 0.0726. The minimum Gasteiger partial charge on any atom is -0.447 e. The second-order valence-electron chi connectivity index (χ2n) is 4.65. The molecule has 2 atom stereocenters. The maximum atomic E-state index is 11.9. The van der Waals surface area contributed by atoms with E-state index in [1.807, 2.05) is 13.8 Å². The number of rotatable bonds is 5. The van der Waals surface area contributed by atoms with Crippen molar-refractivity contribution in [3.8, 4) is 0 Å². The van der Waals surface area contributed by atoms with Gasteiger partial charge in [-0.1, -0.05) is 24.2 Å². The molecule has 0 saturated carbocycles. The van der Waals surface area contributed by atoms with E-state index in [2.05, 4.69) is 15.3 Å². The van der Waals surface area contributed by atoms with Gasteiger partial charge in [0.15, 0.2) is 11.9 Å². The molecule has 2 heterocycles. The Morgan fingerprint density at radius 3 is 2.70 bits per heavy atom. The van der Waals surface area contributed by atoms with Gasteiger partial charge in [-0.05, 0) is 20.3 Å². The van der Waals surface area contributed by atoms with Crippen molar-refractivity contribution in [1.82, 2.24) is 15.3 Å². The van der Waals surface area contributed by atoms with E-state index >= 15 is 0 Å². The fraction of sp³-hybridized carbons (Fsp3) is 0.538. The highest BCUT2D eigenvalue weighted by Crippen LogP contribution is 2.21. The second kappa shape index (κ2) is 5.85. The average Bonchev–Trinajstić information content (AvgIpc) is 3.06. The lowest BCUT2D eigenvalue weighted by Crippen LogP contribution is -2.08. The predicted octanol–water partition coefficient (Wildman–Crippen LogP) is 2.80. The Kier molecular flexibility index (Phi) is 4.16. The highest BCUT2D eigenvalue weighted by molar-refractivity contribution is 5.86. The molecule has 0 radical (unpaired) electrons. The monoisotopic (exact) mass is 279 g/mol. The van der Waals surface area contributed by atoms with Crippen LogP contribution in [0.15, 0.2) is 15.1 Å². The number of hydrogen-bond donors (Lipinski definition) is 0. The van der Waals surface area contributed by atoms with Gasteiger partial charge in [0.25, 0.3) is 5.89 Å². The molecule has 2 rings (SSSR count). The molecular weight excluding hydrogens is 262 g/mol. The Bertz CT molecular complexity index is 590. The van der Waals surface area contributed by atoms with Gasteiger partial charge < -0.3 is 13.8 Å². The van der Waals surface area contributed by atoms with Crippen molar-refractivity contribution in [1.29, 1.82) is 0 Å². The number of carbonyl (C=O) groups is 1. The van der Waals surface area contributed by atoms with E-state index in [1.54, 1.807) is 19.9 Å². The molecule has 0 aliphatic heterocycles. The highest BCUT2D eigenvalue weighted by atomic mass is 16.6. The van der Waals surface area contributed by atoms with Crippen LogP contribution in [0.4, 0.5) is 0 Å². The summed E-state index contributed by atoms with van der Waals surface area (Å²) in [6.07, 6.45) is 0.277. The Morgan fingerprint density at radius 1 is 1.35 bits per heavy atom. The predicted molar refractivity (Wildman–Crippen MR) is 68.1 cm³/mol. The van der Waals surface area contributed by atoms with Crippen LogP contribution in [0.25, 0.3) is 0 Å². The summed E-state index contributed by atoms with van der Waals surface area (Å²) in [5.74, 6) is 0.439. The number of hydrogen-bond acceptors (Lipinski definition) is 7. The number of esters is 1. The first kappa shape index (κ1) is 14.2. The van der Waals surface area contributed by atoms with Gasteiger partial charge in [-0.3, -0.25) is 0 Å². The van der Waals surface area contributed by atoms with Gasteiger partial charge in [0.1, 0.15) is 0 Å². The topological polar surface area (TPSA) is 91.2 Å². The van der Waals surface area contributed by atoms with Crippen LogP contribution < -0.4 is 0 Å². The minimum atomic E-state index is -0.638. The Hall–Kier alpha value is -2.18. The molecule has 7 heteroatoms. The summed E-state index contributed by atoms with van der Waals surface area (Å²) in [6, 6.07) is 1.60. The smallest absolute Gasteiger partial charge is 0.377 e. The van der Waals surface area contributed by atoms with Crippen LogP contribution in [0.5, 0.6) is 0 Å². The van der Waals surface area contributed by atoms with E-state index in [1.165, 1.54) is 0 Å². The fourth-order valence-corrected chi connectivity index (χ4v) is 1.57. The lowest BCUT2D eigenvalue weighted by Gasteiger charge is -2.06. The molecular formula is C13H17N3O4. The van der Waals surface area contributed by atoms with Gasteiger partial charge in [0.05, 0.1) is 5.69 Å². The Morgan fingerprint density at radius 2 is 2.10 bits per heavy atom. The molecule has 20 heavy (non-hydrogen) atoms. The van der Waals surface area contributed by atoms with Crippen LogP contribution >= 0.6 is 0 Å². The molecule has 0 spiro atoms. The number of carbonyl (C=O) groups excluding carboxylic acids is 1. The van der Waals surface area contributed by atoms with Crippen LogP contribution in [0, 0.1) is 6.92 Å². The molecule has 0 aromatic carbocycles. The zero-order chi connectivity index (χ0) is 14.7. The summed E-state index contributed by atoms with van der Waals surface area (Å²) in [5.41, 5.74) is 0.737. The van der Waals surface area contributed by atoms with Crippen LogP contribution in [-0.4, -0.2) is 21.3 Å². The Balaban J connectivity index is 2.03. The van der Waals surface area contributed by atoms with Crippen molar-refractivity contribution >= 4 is 5.97 Å². The highest BCUT2D eigenvalue weighted by Gasteiger charge is 2.22. The third kappa shape index (κ3) is 3.04. The SMILES string of the molecule is CC[C@H](C)c1cc(C(=O)O[C@@H](C)c2nc(C)no2)on1. The number of ether oxygens (including phenoxy) is 1. The summed E-state index contributed by atoms with van der Waals surface area (Å²) < 4.78 is 15.1. The van der Waals surface area contributed by atoms with Crippen molar-refractivity contribution in [3.05, 3.63) is 29.2 Å². The standard InChI is InChI=1S/C13H17N3O4/c1-5-7(2)10-6-11(19-16-10)13(17)18-8(3)12-14-9(4)15-20-12/h6-8H,5H2,1-4H3/t7-,8-/m0/s1. The molecule has 108 valence electrons. The normalized spacial score (nSPS) is 14.0. The first-order chi connectivity index (χ1) is 9.51. The van der Waals surface area contributed by atoms with Gasteiger partial charge in [-0.25, -0.2) is 4.79 Å². The summed E-state index contributed by atoms with van der Waals surface area (Å²) in [4.78, 5) is 15.9. The van der Waals surface area contributed by atoms with Crippen LogP contribution in [0.1, 0.15) is 67.2 Å². The van der Waals surface area contributed by atoms with Gasteiger partial charge >= 0.3 is 5.97 Å². The summed E-state index contributed by atoms with van der Waals surface area (Å²) in [6.45, 7) is 7.39. The Labute approximate surface area is 116 Å². The summed E-state index contributed by atoms with van der Waals surface area (Å²) in [5, 5.41) is 7.51. The molecule has 0 bridgehead atoms. The van der Waals surface area contributed by atoms with E-state index < -0.39 is 12.1 Å². The molecule has 0 aliphatic carbocycles. The molecule has 7 nitrogen and oxygen atoms in total. The van der Waals surface area contributed by atoms with Crippen LogP contribution in [0.2, 0.25) is 0 Å². The third-order valence-electron chi connectivity index (χ3n) is 3.02. The van der Waals surface area contributed by atoms with Gasteiger partial charge in [-0.2, -0.15) is 4.98 Å². The molecule has 2 aromatic rings. The lowest BCUT2D eigenvalue weighted by atomic mass is 10.1. The van der Waals surface area contributed by atoms with Gasteiger partial charge in [-0.15, -0.1) is 0 Å². The largest absolute Gasteiger partial charge is 0.447 e. The van der Waals surface area contributed by atoms with Gasteiger partial charge in [0, 0.05) is 12.0 Å². The summed E-state index contributed by atoms with van der Waals surface area (Å²) >= 11 is 0. The van der Waals surface area contributed by atoms with E-state index in [4.69, 9.17) is 13.8 Å². The van der Waals surface area contributed by atoms with Crippen molar-refractivity contribution < 1.29 is 18.6 Å². The van der Waals surface area contributed by atoms with Gasteiger partial charge in [0.2, 0.25) is 5.76 Å².